The molecular weight excluding hydrogens is 370 g/mol. The quantitative estimate of drug-likeness (QED) is 0.675. The minimum absolute atomic E-state index is 0.181. The molecule has 0 unspecified atom stereocenters. The van der Waals surface area contributed by atoms with Gasteiger partial charge in [-0.05, 0) is 63.1 Å². The van der Waals surface area contributed by atoms with Gasteiger partial charge in [0.15, 0.2) is 6.61 Å². The van der Waals surface area contributed by atoms with Gasteiger partial charge in [-0.2, -0.15) is 0 Å². The zero-order valence-electron chi connectivity index (χ0n) is 17.2. The maximum Gasteiger partial charge on any atom is 0.348 e. The number of fused-ring (bicyclic) bond motifs is 1. The summed E-state index contributed by atoms with van der Waals surface area (Å²) in [7, 11) is 0. The molecule has 3 rings (SSSR count). The maximum atomic E-state index is 12.8. The first-order valence-corrected chi connectivity index (χ1v) is 10.7. The molecule has 1 aliphatic rings. The average Bonchev–Trinajstić information content (AvgIpc) is 3.07. The highest BCUT2D eigenvalue weighted by Gasteiger charge is 2.28. The number of benzene rings is 1. The van der Waals surface area contributed by atoms with E-state index in [1.807, 2.05) is 57.2 Å². The third-order valence-electron chi connectivity index (χ3n) is 5.15. The number of hydrogen-bond donors (Lipinski definition) is 0. The number of aryl methyl sites for hydroxylation is 1. The number of thiophene rings is 1. The van der Waals surface area contributed by atoms with Crippen LogP contribution in [-0.4, -0.2) is 28.9 Å². The molecule has 0 spiro atoms. The van der Waals surface area contributed by atoms with E-state index in [9.17, 15) is 9.59 Å². The van der Waals surface area contributed by atoms with E-state index in [1.165, 1.54) is 28.2 Å². The van der Waals surface area contributed by atoms with Gasteiger partial charge < -0.3 is 9.64 Å². The van der Waals surface area contributed by atoms with Crippen molar-refractivity contribution in [3.05, 3.63) is 57.3 Å². The molecule has 0 aliphatic heterocycles. The number of ether oxygens (including phenoxy) is 1. The molecule has 1 aliphatic carbocycles. The zero-order chi connectivity index (χ0) is 20.3. The third kappa shape index (κ3) is 5.02. The maximum absolute atomic E-state index is 12.8. The molecule has 0 bridgehead atoms. The number of carbonyl (C=O) groups excluding carboxylic acids is 2. The number of esters is 1. The third-order valence-corrected chi connectivity index (χ3v) is 6.37. The topological polar surface area (TPSA) is 46.6 Å². The van der Waals surface area contributed by atoms with Gasteiger partial charge in [0.05, 0.1) is 0 Å². The van der Waals surface area contributed by atoms with E-state index >= 15 is 0 Å². The van der Waals surface area contributed by atoms with Crippen LogP contribution < -0.4 is 0 Å². The Labute approximate surface area is 171 Å². The lowest BCUT2D eigenvalue weighted by molar-refractivity contribution is -0.140. The Morgan fingerprint density at radius 2 is 1.93 bits per heavy atom. The first kappa shape index (κ1) is 20.6. The van der Waals surface area contributed by atoms with Crippen molar-refractivity contribution < 1.29 is 14.3 Å². The number of hydrogen-bond acceptors (Lipinski definition) is 4. The Kier molecular flexibility index (Phi) is 6.23. The number of amides is 1. The van der Waals surface area contributed by atoms with Crippen LogP contribution in [-0.2, 0) is 28.9 Å². The second kappa shape index (κ2) is 8.48. The molecule has 1 aromatic heterocycles. The molecule has 1 aromatic carbocycles. The van der Waals surface area contributed by atoms with Crippen LogP contribution in [0.1, 0.15) is 59.8 Å². The van der Waals surface area contributed by atoms with Crippen LogP contribution in [0.4, 0.5) is 0 Å². The van der Waals surface area contributed by atoms with Gasteiger partial charge >= 0.3 is 5.97 Å². The molecule has 2 aromatic rings. The second-order valence-electron chi connectivity index (χ2n) is 8.62. The fraction of sp³-hybridized carbons (Fsp3) is 0.478. The molecule has 0 N–H and O–H groups in total. The van der Waals surface area contributed by atoms with Crippen molar-refractivity contribution >= 4 is 23.2 Å². The lowest BCUT2D eigenvalue weighted by atomic mass is 9.90. The summed E-state index contributed by atoms with van der Waals surface area (Å²) in [5.74, 6) is 0.0829. The van der Waals surface area contributed by atoms with Crippen molar-refractivity contribution in [1.29, 1.82) is 0 Å². The predicted molar refractivity (Wildman–Crippen MR) is 113 cm³/mol. The highest BCUT2D eigenvalue weighted by atomic mass is 32.1. The SMILES string of the molecule is C[C@@H]1CCc2sc(C(=O)OCC(=O)N(Cc3ccccc3)C(C)(C)C)cc2C1. The molecule has 5 heteroatoms. The smallest absolute Gasteiger partial charge is 0.348 e. The van der Waals surface area contributed by atoms with Gasteiger partial charge in [0.25, 0.3) is 5.91 Å². The number of rotatable bonds is 5. The number of nitrogens with zero attached hydrogens (tertiary/aromatic N) is 1. The van der Waals surface area contributed by atoms with Crippen molar-refractivity contribution in [2.24, 2.45) is 5.92 Å². The molecule has 0 saturated carbocycles. The standard InChI is InChI=1S/C23H29NO3S/c1-16-10-11-19-18(12-16)13-20(28-19)22(26)27-15-21(25)24(23(2,3)4)14-17-8-6-5-7-9-17/h5-9,13,16H,10-12,14-15H2,1-4H3/t16-/m1/s1. The van der Waals surface area contributed by atoms with E-state index in [2.05, 4.69) is 6.92 Å². The summed E-state index contributed by atoms with van der Waals surface area (Å²) >= 11 is 1.51. The van der Waals surface area contributed by atoms with Crippen LogP contribution in [0, 0.1) is 5.92 Å². The van der Waals surface area contributed by atoms with Crippen molar-refractivity contribution in [2.45, 2.75) is 59.0 Å². The first-order valence-electron chi connectivity index (χ1n) is 9.87. The highest BCUT2D eigenvalue weighted by molar-refractivity contribution is 7.14. The van der Waals surface area contributed by atoms with Gasteiger partial charge in [0.2, 0.25) is 0 Å². The summed E-state index contributed by atoms with van der Waals surface area (Å²) in [5.41, 5.74) is 1.96. The fourth-order valence-corrected chi connectivity index (χ4v) is 4.65. The Balaban J connectivity index is 1.63. The first-order chi connectivity index (χ1) is 13.2. The van der Waals surface area contributed by atoms with Crippen LogP contribution in [0.15, 0.2) is 36.4 Å². The molecule has 28 heavy (non-hydrogen) atoms. The summed E-state index contributed by atoms with van der Waals surface area (Å²) in [6.45, 7) is 8.47. The monoisotopic (exact) mass is 399 g/mol. The Hall–Kier alpha value is -2.14. The minimum Gasteiger partial charge on any atom is -0.451 e. The average molecular weight is 400 g/mol. The van der Waals surface area contributed by atoms with Gasteiger partial charge in [-0.15, -0.1) is 11.3 Å². The van der Waals surface area contributed by atoms with E-state index in [-0.39, 0.29) is 18.1 Å². The summed E-state index contributed by atoms with van der Waals surface area (Å²) in [4.78, 5) is 29.0. The molecule has 4 nitrogen and oxygen atoms in total. The van der Waals surface area contributed by atoms with Crippen LogP contribution in [0.3, 0.4) is 0 Å². The Morgan fingerprint density at radius 3 is 2.61 bits per heavy atom. The van der Waals surface area contributed by atoms with Gasteiger partial charge in [-0.3, -0.25) is 4.79 Å². The summed E-state index contributed by atoms with van der Waals surface area (Å²) < 4.78 is 5.39. The van der Waals surface area contributed by atoms with E-state index in [4.69, 9.17) is 4.74 Å². The van der Waals surface area contributed by atoms with Gasteiger partial charge in [-0.25, -0.2) is 4.79 Å². The van der Waals surface area contributed by atoms with E-state index in [0.717, 1.165) is 18.4 Å². The predicted octanol–water partition coefficient (Wildman–Crippen LogP) is 4.86. The van der Waals surface area contributed by atoms with E-state index in [0.29, 0.717) is 17.3 Å². The molecular formula is C23H29NO3S. The van der Waals surface area contributed by atoms with Gasteiger partial charge in [-0.1, -0.05) is 37.3 Å². The van der Waals surface area contributed by atoms with E-state index in [1.54, 1.807) is 4.90 Å². The fourth-order valence-electron chi connectivity index (χ4n) is 3.55. The molecule has 0 fully saturated rings. The molecule has 0 saturated heterocycles. The number of carbonyl (C=O) groups is 2. The van der Waals surface area contributed by atoms with Crippen molar-refractivity contribution in [1.82, 2.24) is 4.90 Å². The minimum atomic E-state index is -0.394. The largest absolute Gasteiger partial charge is 0.451 e. The second-order valence-corrected chi connectivity index (χ2v) is 9.76. The Bertz CT molecular complexity index is 835. The summed E-state index contributed by atoms with van der Waals surface area (Å²) in [5, 5.41) is 0. The summed E-state index contributed by atoms with van der Waals surface area (Å²) in [6, 6.07) is 11.8. The van der Waals surface area contributed by atoms with Crippen LogP contribution in [0.2, 0.25) is 0 Å². The van der Waals surface area contributed by atoms with Crippen LogP contribution in [0.5, 0.6) is 0 Å². The van der Waals surface area contributed by atoms with Crippen molar-refractivity contribution in [3.63, 3.8) is 0 Å². The van der Waals surface area contributed by atoms with Crippen LogP contribution >= 0.6 is 11.3 Å². The zero-order valence-corrected chi connectivity index (χ0v) is 18.0. The van der Waals surface area contributed by atoms with E-state index < -0.39 is 5.97 Å². The lowest BCUT2D eigenvalue weighted by Crippen LogP contribution is -2.46. The van der Waals surface area contributed by atoms with Crippen molar-refractivity contribution in [2.75, 3.05) is 6.61 Å². The normalized spacial score (nSPS) is 16.4. The highest BCUT2D eigenvalue weighted by Crippen LogP contribution is 2.32. The van der Waals surface area contributed by atoms with Crippen molar-refractivity contribution in [3.8, 4) is 0 Å². The lowest BCUT2D eigenvalue weighted by Gasteiger charge is -2.35. The van der Waals surface area contributed by atoms with Crippen LogP contribution in [0.25, 0.3) is 0 Å². The molecule has 0 radical (unpaired) electrons. The summed E-state index contributed by atoms with van der Waals surface area (Å²) in [6.07, 6.45) is 3.22. The Morgan fingerprint density at radius 1 is 1.21 bits per heavy atom. The van der Waals surface area contributed by atoms with Gasteiger partial charge in [0, 0.05) is 17.0 Å². The molecule has 1 atom stereocenters. The molecule has 1 amide bonds. The molecule has 150 valence electrons. The molecule has 1 heterocycles. The van der Waals surface area contributed by atoms with Gasteiger partial charge in [0.1, 0.15) is 4.88 Å².